The van der Waals surface area contributed by atoms with E-state index in [0.29, 0.717) is 10.4 Å². The fraction of sp³-hybridized carbons (Fsp3) is 0.222. The van der Waals surface area contributed by atoms with E-state index in [1.54, 1.807) is 6.07 Å². The van der Waals surface area contributed by atoms with Crippen molar-refractivity contribution in [2.45, 2.75) is 12.3 Å². The fourth-order valence-corrected chi connectivity index (χ4v) is 2.02. The summed E-state index contributed by atoms with van der Waals surface area (Å²) in [5, 5.41) is 3.97. The molecule has 1 aromatic rings. The maximum atomic E-state index is 10.9. The molecule has 1 N–H and O–H groups in total. The summed E-state index contributed by atoms with van der Waals surface area (Å²) in [6.07, 6.45) is 0. The lowest BCUT2D eigenvalue weighted by molar-refractivity contribution is -0.114. The van der Waals surface area contributed by atoms with Crippen molar-refractivity contribution < 1.29 is 4.79 Å². The van der Waals surface area contributed by atoms with Crippen molar-refractivity contribution in [2.75, 3.05) is 5.32 Å². The molecule has 0 heterocycles. The summed E-state index contributed by atoms with van der Waals surface area (Å²) in [6, 6.07) is 3.60. The molecule has 2 nitrogen and oxygen atoms in total. The molecule has 0 radical (unpaired) electrons. The normalized spacial score (nSPS) is 10.0. The Morgan fingerprint density at radius 2 is 2.21 bits per heavy atom. The Balaban J connectivity index is 3.13. The van der Waals surface area contributed by atoms with Crippen LogP contribution >= 0.6 is 43.5 Å². The van der Waals surface area contributed by atoms with Crippen LogP contribution < -0.4 is 5.32 Å². The number of alkyl halides is 1. The molecule has 0 fully saturated rings. The summed E-state index contributed by atoms with van der Waals surface area (Å²) in [5.74, 6) is -0.106. The zero-order valence-electron chi connectivity index (χ0n) is 7.40. The number of nitrogens with one attached hydrogen (secondary N) is 1. The van der Waals surface area contributed by atoms with Gasteiger partial charge in [0, 0.05) is 22.4 Å². The van der Waals surface area contributed by atoms with Crippen molar-refractivity contribution >= 4 is 55.1 Å². The maximum absolute atomic E-state index is 10.9. The minimum absolute atomic E-state index is 0.106. The number of carbonyl (C=O) groups is 1. The number of benzene rings is 1. The number of amides is 1. The highest BCUT2D eigenvalue weighted by Gasteiger charge is 2.07. The van der Waals surface area contributed by atoms with E-state index in [1.807, 2.05) is 6.07 Å². The van der Waals surface area contributed by atoms with Crippen LogP contribution in [0.1, 0.15) is 12.5 Å². The summed E-state index contributed by atoms with van der Waals surface area (Å²) in [6.45, 7) is 1.47. The van der Waals surface area contributed by atoms with Gasteiger partial charge in [0.1, 0.15) is 0 Å². The Bertz CT molecular complexity index is 368. The highest BCUT2D eigenvalue weighted by molar-refractivity contribution is 9.10. The van der Waals surface area contributed by atoms with Gasteiger partial charge < -0.3 is 5.32 Å². The Hall–Kier alpha value is -0.0600. The van der Waals surface area contributed by atoms with Crippen LogP contribution in [-0.4, -0.2) is 5.91 Å². The van der Waals surface area contributed by atoms with Gasteiger partial charge in [-0.25, -0.2) is 0 Å². The lowest BCUT2D eigenvalue weighted by Gasteiger charge is -2.09. The third kappa shape index (κ3) is 2.97. The number of hydrogen-bond donors (Lipinski definition) is 1. The van der Waals surface area contributed by atoms with Crippen LogP contribution in [0.25, 0.3) is 0 Å². The first-order chi connectivity index (χ1) is 6.54. The van der Waals surface area contributed by atoms with Gasteiger partial charge in [0.2, 0.25) is 5.91 Å². The second-order valence-electron chi connectivity index (χ2n) is 2.74. The molecule has 0 bridgehead atoms. The van der Waals surface area contributed by atoms with Crippen LogP contribution in [0.4, 0.5) is 5.69 Å². The van der Waals surface area contributed by atoms with E-state index in [0.717, 1.165) is 15.7 Å². The lowest BCUT2D eigenvalue weighted by atomic mass is 10.2. The molecule has 1 aromatic carbocycles. The first-order valence-corrected chi connectivity index (χ1v) is 6.15. The van der Waals surface area contributed by atoms with Crippen LogP contribution in [0, 0.1) is 0 Å². The minimum atomic E-state index is -0.106. The molecule has 0 spiro atoms. The van der Waals surface area contributed by atoms with Gasteiger partial charge in [-0.3, -0.25) is 4.79 Å². The van der Waals surface area contributed by atoms with Gasteiger partial charge in [-0.05, 0) is 33.6 Å². The Kier molecular flexibility index (Phi) is 4.41. The van der Waals surface area contributed by atoms with Gasteiger partial charge in [-0.2, -0.15) is 0 Å². The molecule has 5 heteroatoms. The summed E-state index contributed by atoms with van der Waals surface area (Å²) < 4.78 is 0.822. The molecule has 1 amide bonds. The molecule has 0 aliphatic carbocycles. The Morgan fingerprint density at radius 1 is 1.57 bits per heavy atom. The zero-order chi connectivity index (χ0) is 10.7. The minimum Gasteiger partial charge on any atom is -0.326 e. The van der Waals surface area contributed by atoms with Gasteiger partial charge in [0.25, 0.3) is 0 Å². The summed E-state index contributed by atoms with van der Waals surface area (Å²) in [5.41, 5.74) is 1.72. The van der Waals surface area contributed by atoms with Gasteiger partial charge >= 0.3 is 0 Å². The predicted octanol–water partition coefficient (Wildman–Crippen LogP) is 3.96. The molecule has 0 saturated carbocycles. The second-order valence-corrected chi connectivity index (χ2v) is 4.56. The van der Waals surface area contributed by atoms with E-state index < -0.39 is 0 Å². The number of hydrogen-bond acceptors (Lipinski definition) is 1. The fourth-order valence-electron chi connectivity index (χ4n) is 1.00. The van der Waals surface area contributed by atoms with Crippen LogP contribution in [0.2, 0.25) is 5.02 Å². The van der Waals surface area contributed by atoms with Gasteiger partial charge in [-0.15, -0.1) is 0 Å². The molecule has 0 aliphatic heterocycles. The van der Waals surface area contributed by atoms with E-state index in [-0.39, 0.29) is 5.91 Å². The van der Waals surface area contributed by atoms with Crippen molar-refractivity contribution in [2.24, 2.45) is 0 Å². The standard InChI is InChI=1S/C9H8Br2ClNO/c1-5(14)13-9-3-8(12)7(11)2-6(9)4-10/h2-3H,4H2,1H3,(H,13,14). The van der Waals surface area contributed by atoms with Crippen LogP contribution in [0.15, 0.2) is 16.6 Å². The quantitative estimate of drug-likeness (QED) is 0.811. The SMILES string of the molecule is CC(=O)Nc1cc(Cl)c(Br)cc1CBr. The molecular weight excluding hydrogens is 333 g/mol. The highest BCUT2D eigenvalue weighted by atomic mass is 79.9. The smallest absolute Gasteiger partial charge is 0.221 e. The molecule has 0 unspecified atom stereocenters. The van der Waals surface area contributed by atoms with E-state index in [9.17, 15) is 4.79 Å². The van der Waals surface area contributed by atoms with Crippen LogP contribution in [0.5, 0.6) is 0 Å². The topological polar surface area (TPSA) is 29.1 Å². The van der Waals surface area contributed by atoms with Gasteiger partial charge in [-0.1, -0.05) is 27.5 Å². The van der Waals surface area contributed by atoms with Crippen LogP contribution in [0.3, 0.4) is 0 Å². The maximum Gasteiger partial charge on any atom is 0.221 e. The Morgan fingerprint density at radius 3 is 2.71 bits per heavy atom. The molecule has 14 heavy (non-hydrogen) atoms. The van der Waals surface area contributed by atoms with Crippen molar-refractivity contribution in [3.8, 4) is 0 Å². The molecule has 0 aliphatic rings. The molecule has 1 rings (SSSR count). The van der Waals surface area contributed by atoms with Crippen LogP contribution in [-0.2, 0) is 10.1 Å². The van der Waals surface area contributed by atoms with Crippen molar-refractivity contribution in [1.82, 2.24) is 0 Å². The highest BCUT2D eigenvalue weighted by Crippen LogP contribution is 2.30. The third-order valence-electron chi connectivity index (χ3n) is 1.60. The number of anilines is 1. The van der Waals surface area contributed by atoms with E-state index in [4.69, 9.17) is 11.6 Å². The van der Waals surface area contributed by atoms with Gasteiger partial charge in [0.05, 0.1) is 5.02 Å². The monoisotopic (exact) mass is 339 g/mol. The third-order valence-corrected chi connectivity index (χ3v) is 3.40. The zero-order valence-corrected chi connectivity index (χ0v) is 11.3. The molecule has 76 valence electrons. The molecular formula is C9H8Br2ClNO. The number of rotatable bonds is 2. The number of carbonyl (C=O) groups excluding carboxylic acids is 1. The lowest BCUT2D eigenvalue weighted by Crippen LogP contribution is -2.07. The average molecular weight is 341 g/mol. The van der Waals surface area contributed by atoms with Crippen molar-refractivity contribution in [1.29, 1.82) is 0 Å². The average Bonchev–Trinajstić information content (AvgIpc) is 2.10. The second kappa shape index (κ2) is 5.14. The summed E-state index contributed by atoms with van der Waals surface area (Å²) >= 11 is 12.6. The number of halogens is 3. The molecule has 0 saturated heterocycles. The largest absolute Gasteiger partial charge is 0.326 e. The summed E-state index contributed by atoms with van der Waals surface area (Å²) in [7, 11) is 0. The van der Waals surface area contributed by atoms with Gasteiger partial charge in [0.15, 0.2) is 0 Å². The first kappa shape index (κ1) is 12.0. The predicted molar refractivity (Wildman–Crippen MR) is 66.1 cm³/mol. The van der Waals surface area contributed by atoms with E-state index in [1.165, 1.54) is 6.92 Å². The van der Waals surface area contributed by atoms with Crippen molar-refractivity contribution in [3.05, 3.63) is 27.2 Å². The van der Waals surface area contributed by atoms with Crippen molar-refractivity contribution in [3.63, 3.8) is 0 Å². The Labute approximate surface area is 104 Å². The summed E-state index contributed by atoms with van der Waals surface area (Å²) in [4.78, 5) is 10.9. The molecule has 0 atom stereocenters. The first-order valence-electron chi connectivity index (χ1n) is 3.86. The van der Waals surface area contributed by atoms with E-state index >= 15 is 0 Å². The van der Waals surface area contributed by atoms with E-state index in [2.05, 4.69) is 37.2 Å². The molecule has 0 aromatic heterocycles.